The summed E-state index contributed by atoms with van der Waals surface area (Å²) in [7, 11) is -3.94. The van der Waals surface area contributed by atoms with E-state index in [1.807, 2.05) is 24.3 Å². The molecular formula is C16H11N3O3S2. The molecule has 8 heteroatoms. The van der Waals surface area contributed by atoms with Gasteiger partial charge in [-0.1, -0.05) is 47.6 Å². The van der Waals surface area contributed by atoms with E-state index in [1.165, 1.54) is 11.3 Å². The highest BCUT2D eigenvalue weighted by atomic mass is 32.2. The first-order valence-corrected chi connectivity index (χ1v) is 9.26. The Morgan fingerprint density at radius 2 is 1.88 bits per heavy atom. The number of hydrogen-bond acceptors (Lipinski definition) is 7. The minimum atomic E-state index is -3.94. The zero-order valence-electron chi connectivity index (χ0n) is 12.3. The molecular weight excluding hydrogens is 346 g/mol. The van der Waals surface area contributed by atoms with Crippen LogP contribution >= 0.6 is 11.3 Å². The maximum absolute atomic E-state index is 12.0. The molecule has 0 amide bonds. The Labute approximate surface area is 142 Å². The van der Waals surface area contributed by atoms with E-state index in [4.69, 9.17) is 0 Å². The van der Waals surface area contributed by atoms with E-state index >= 15 is 0 Å². The summed E-state index contributed by atoms with van der Waals surface area (Å²) in [6.07, 6.45) is 0. The quantitative estimate of drug-likeness (QED) is 0.517. The summed E-state index contributed by atoms with van der Waals surface area (Å²) in [5.41, 5.74) is 1.12. The van der Waals surface area contributed by atoms with Gasteiger partial charge in [0.15, 0.2) is 5.01 Å². The van der Waals surface area contributed by atoms with Gasteiger partial charge >= 0.3 is 10.1 Å². The van der Waals surface area contributed by atoms with Crippen LogP contribution in [0.25, 0.3) is 10.2 Å². The molecule has 0 saturated carbocycles. The van der Waals surface area contributed by atoms with Gasteiger partial charge in [0.1, 0.15) is 11.8 Å². The minimum Gasteiger partial charge on any atom is -0.267 e. The van der Waals surface area contributed by atoms with E-state index in [2.05, 4.69) is 14.4 Å². The van der Waals surface area contributed by atoms with Gasteiger partial charge in [-0.3, -0.25) is 4.28 Å². The van der Waals surface area contributed by atoms with Crippen molar-refractivity contribution in [3.8, 4) is 6.07 Å². The van der Waals surface area contributed by atoms with Crippen molar-refractivity contribution < 1.29 is 12.7 Å². The maximum atomic E-state index is 12.0. The fourth-order valence-corrected chi connectivity index (χ4v) is 3.72. The number of oxime groups is 1. The molecule has 0 radical (unpaired) electrons. The average molecular weight is 357 g/mol. The molecule has 3 aromatic rings. The maximum Gasteiger partial charge on any atom is 0.332 e. The fraction of sp³-hybridized carbons (Fsp3) is 0.0625. The molecule has 0 N–H and O–H groups in total. The Bertz CT molecular complexity index is 1000. The molecule has 6 nitrogen and oxygen atoms in total. The van der Waals surface area contributed by atoms with Crippen LogP contribution < -0.4 is 0 Å². The highest BCUT2D eigenvalue weighted by molar-refractivity contribution is 7.85. The number of hydrogen-bond donors (Lipinski definition) is 0. The lowest BCUT2D eigenvalue weighted by atomic mass is 10.2. The molecule has 2 aromatic carbocycles. The Balaban J connectivity index is 1.82. The van der Waals surface area contributed by atoms with Crippen molar-refractivity contribution in [1.82, 2.24) is 4.98 Å². The third kappa shape index (κ3) is 3.76. The number of thiazole rings is 1. The number of nitrogens with zero attached hydrogens (tertiary/aromatic N) is 3. The molecule has 0 spiro atoms. The minimum absolute atomic E-state index is 0.173. The zero-order chi connectivity index (χ0) is 17.0. The van der Waals surface area contributed by atoms with Crippen LogP contribution in [-0.2, 0) is 20.2 Å². The van der Waals surface area contributed by atoms with Gasteiger partial charge in [0.25, 0.3) is 0 Å². The lowest BCUT2D eigenvalue weighted by molar-refractivity contribution is 0.339. The molecule has 120 valence electrons. The number of benzene rings is 2. The molecule has 0 aliphatic carbocycles. The lowest BCUT2D eigenvalue weighted by Gasteiger charge is -2.01. The highest BCUT2D eigenvalue weighted by Crippen LogP contribution is 2.22. The smallest absolute Gasteiger partial charge is 0.267 e. The monoisotopic (exact) mass is 357 g/mol. The standard InChI is InChI=1S/C16H11N3O3S2/c17-10-14(16-18-13-8-4-5-9-15(13)23-16)19-22-24(20,21)11-12-6-2-1-3-7-12/h1-9H,11H2. The summed E-state index contributed by atoms with van der Waals surface area (Å²) in [6, 6.07) is 17.8. The van der Waals surface area contributed by atoms with Crippen LogP contribution in [0.4, 0.5) is 0 Å². The summed E-state index contributed by atoms with van der Waals surface area (Å²) in [4.78, 5) is 4.26. The van der Waals surface area contributed by atoms with Gasteiger partial charge < -0.3 is 0 Å². The molecule has 0 unspecified atom stereocenters. The van der Waals surface area contributed by atoms with E-state index < -0.39 is 10.1 Å². The lowest BCUT2D eigenvalue weighted by Crippen LogP contribution is -2.08. The molecule has 0 aliphatic heterocycles. The van der Waals surface area contributed by atoms with E-state index in [1.54, 1.807) is 36.4 Å². The third-order valence-corrected chi connectivity index (χ3v) is 5.06. The number of aromatic nitrogens is 1. The summed E-state index contributed by atoms with van der Waals surface area (Å²) in [5.74, 6) is -0.324. The van der Waals surface area contributed by atoms with Crippen molar-refractivity contribution >= 4 is 37.4 Å². The van der Waals surface area contributed by atoms with Gasteiger partial charge in [-0.15, -0.1) is 11.3 Å². The molecule has 1 heterocycles. The zero-order valence-corrected chi connectivity index (χ0v) is 13.9. The molecule has 0 fully saturated rings. The SMILES string of the molecule is N#CC(=NOS(=O)(=O)Cc1ccccc1)c1nc2ccccc2s1. The normalized spacial score (nSPS) is 12.0. The van der Waals surface area contributed by atoms with Crippen molar-refractivity contribution in [2.45, 2.75) is 5.75 Å². The van der Waals surface area contributed by atoms with E-state index in [9.17, 15) is 13.7 Å². The van der Waals surface area contributed by atoms with Crippen molar-refractivity contribution in [2.24, 2.45) is 5.16 Å². The first kappa shape index (κ1) is 16.1. The number of para-hydroxylation sites is 1. The van der Waals surface area contributed by atoms with Crippen molar-refractivity contribution in [2.75, 3.05) is 0 Å². The fourth-order valence-electron chi connectivity index (χ4n) is 1.98. The molecule has 3 rings (SSSR count). The van der Waals surface area contributed by atoms with Gasteiger partial charge in [-0.2, -0.15) is 13.7 Å². The summed E-state index contributed by atoms with van der Waals surface area (Å²) >= 11 is 1.25. The van der Waals surface area contributed by atoms with Crippen molar-refractivity contribution in [3.05, 3.63) is 65.2 Å². The van der Waals surface area contributed by atoms with Gasteiger partial charge in [-0.05, 0) is 17.7 Å². The Morgan fingerprint density at radius 1 is 1.17 bits per heavy atom. The van der Waals surface area contributed by atoms with Gasteiger partial charge in [0.05, 0.1) is 10.2 Å². The molecule has 24 heavy (non-hydrogen) atoms. The highest BCUT2D eigenvalue weighted by Gasteiger charge is 2.16. The Hall–Kier alpha value is -2.76. The molecule has 0 saturated heterocycles. The van der Waals surface area contributed by atoms with Gasteiger partial charge in [0.2, 0.25) is 5.71 Å². The molecule has 1 aromatic heterocycles. The van der Waals surface area contributed by atoms with E-state index in [0.29, 0.717) is 16.1 Å². The number of rotatable bonds is 5. The first-order valence-electron chi connectivity index (χ1n) is 6.87. The van der Waals surface area contributed by atoms with Gasteiger partial charge in [0, 0.05) is 0 Å². The van der Waals surface area contributed by atoms with Crippen LogP contribution in [-0.4, -0.2) is 19.1 Å². The first-order chi connectivity index (χ1) is 11.6. The van der Waals surface area contributed by atoms with Crippen molar-refractivity contribution in [1.29, 1.82) is 5.26 Å². The predicted octanol–water partition coefficient (Wildman–Crippen LogP) is 3.07. The van der Waals surface area contributed by atoms with Crippen molar-refractivity contribution in [3.63, 3.8) is 0 Å². The second kappa shape index (κ2) is 6.78. The third-order valence-electron chi connectivity index (χ3n) is 3.03. The Kier molecular flexibility index (Phi) is 4.55. The van der Waals surface area contributed by atoms with Crippen LogP contribution in [0.3, 0.4) is 0 Å². The topological polar surface area (TPSA) is 92.4 Å². The number of fused-ring (bicyclic) bond motifs is 1. The van der Waals surface area contributed by atoms with E-state index in [0.717, 1.165) is 4.70 Å². The van der Waals surface area contributed by atoms with Crippen LogP contribution in [0.5, 0.6) is 0 Å². The number of nitriles is 1. The van der Waals surface area contributed by atoms with Crippen LogP contribution in [0.15, 0.2) is 59.8 Å². The summed E-state index contributed by atoms with van der Waals surface area (Å²) in [5, 5.41) is 13.0. The largest absolute Gasteiger partial charge is 0.332 e. The van der Waals surface area contributed by atoms with E-state index in [-0.39, 0.29) is 11.5 Å². The predicted molar refractivity (Wildman–Crippen MR) is 91.9 cm³/mol. The van der Waals surface area contributed by atoms with Gasteiger partial charge in [-0.25, -0.2) is 4.98 Å². The summed E-state index contributed by atoms with van der Waals surface area (Å²) < 4.78 is 29.5. The van der Waals surface area contributed by atoms with Crippen LogP contribution in [0.1, 0.15) is 10.6 Å². The summed E-state index contributed by atoms with van der Waals surface area (Å²) in [6.45, 7) is 0. The second-order valence-corrected chi connectivity index (χ2v) is 7.38. The average Bonchev–Trinajstić information content (AvgIpc) is 2.99. The molecule has 0 aliphatic rings. The molecule has 0 atom stereocenters. The molecule has 0 bridgehead atoms. The van der Waals surface area contributed by atoms with Crippen LogP contribution in [0.2, 0.25) is 0 Å². The second-order valence-electron chi connectivity index (χ2n) is 4.80. The van der Waals surface area contributed by atoms with Crippen LogP contribution in [0, 0.1) is 11.3 Å². The Morgan fingerprint density at radius 3 is 2.58 bits per heavy atom.